The van der Waals surface area contributed by atoms with E-state index in [0.717, 1.165) is 0 Å². The molecule has 17 heavy (non-hydrogen) atoms. The van der Waals surface area contributed by atoms with Crippen LogP contribution in [-0.4, -0.2) is 11.3 Å². The van der Waals surface area contributed by atoms with E-state index in [4.69, 9.17) is 0 Å². The molecule has 9 heteroatoms. The monoisotopic (exact) mass is 321 g/mol. The van der Waals surface area contributed by atoms with Crippen molar-refractivity contribution in [1.29, 1.82) is 0 Å². The largest absolute Gasteiger partial charge is 0.574 e. The molecule has 0 atom stereocenters. The molecule has 0 fully saturated rings. The fraction of sp³-hybridized carbons (Fsp3) is 0.375. The normalized spacial score (nSPS) is 11.9. The topological polar surface area (TPSA) is 42.1 Å². The molecule has 3 nitrogen and oxygen atoms in total. The summed E-state index contributed by atoms with van der Waals surface area (Å²) < 4.78 is 63.9. The number of nitrogens with one attached hydrogen (secondary N) is 1. The number of aromatic amines is 1. The number of alkyl halides is 6. The first-order chi connectivity index (χ1) is 7.74. The van der Waals surface area contributed by atoms with Gasteiger partial charge in [0.15, 0.2) is 5.43 Å². The standard InChI is InChI=1S/C8H5BrF5NO2/c9-2-3-4(16)1-5(17-8(12,13)14)15-6(3)7(10)11/h1,7H,2H2,(H,15,16). The zero-order valence-electron chi connectivity index (χ0n) is 7.95. The number of hydrogen-bond donors (Lipinski definition) is 1. The Labute approximate surface area is 99.7 Å². The van der Waals surface area contributed by atoms with Crippen molar-refractivity contribution < 1.29 is 26.7 Å². The number of pyridine rings is 1. The second-order valence-electron chi connectivity index (χ2n) is 2.87. The minimum atomic E-state index is -5.06. The molecule has 1 aromatic heterocycles. The molecule has 0 spiro atoms. The average Bonchev–Trinajstić information content (AvgIpc) is 2.13. The first-order valence-electron chi connectivity index (χ1n) is 4.10. The van der Waals surface area contributed by atoms with Crippen molar-refractivity contribution in [3.8, 4) is 5.88 Å². The highest BCUT2D eigenvalue weighted by Gasteiger charge is 2.32. The van der Waals surface area contributed by atoms with E-state index in [1.807, 2.05) is 0 Å². The van der Waals surface area contributed by atoms with Crippen molar-refractivity contribution in [3.05, 3.63) is 27.5 Å². The summed E-state index contributed by atoms with van der Waals surface area (Å²) in [6.45, 7) is 0. The van der Waals surface area contributed by atoms with Crippen molar-refractivity contribution in [3.63, 3.8) is 0 Å². The molecule has 1 aromatic rings. The van der Waals surface area contributed by atoms with Crippen LogP contribution >= 0.6 is 15.9 Å². The highest BCUT2D eigenvalue weighted by molar-refractivity contribution is 9.08. The summed E-state index contributed by atoms with van der Waals surface area (Å²) in [6, 6.07) is 0.468. The van der Waals surface area contributed by atoms with Gasteiger partial charge in [-0.2, -0.15) is 0 Å². The van der Waals surface area contributed by atoms with Crippen molar-refractivity contribution >= 4 is 15.9 Å². The predicted molar refractivity (Wildman–Crippen MR) is 51.3 cm³/mol. The van der Waals surface area contributed by atoms with Gasteiger partial charge in [-0.3, -0.25) is 4.79 Å². The lowest BCUT2D eigenvalue weighted by atomic mass is 10.2. The van der Waals surface area contributed by atoms with Gasteiger partial charge in [-0.25, -0.2) is 8.78 Å². The van der Waals surface area contributed by atoms with Crippen LogP contribution in [0.15, 0.2) is 10.9 Å². The van der Waals surface area contributed by atoms with Crippen molar-refractivity contribution in [2.24, 2.45) is 0 Å². The van der Waals surface area contributed by atoms with Gasteiger partial charge < -0.3 is 9.72 Å². The molecule has 1 rings (SSSR count). The van der Waals surface area contributed by atoms with Crippen LogP contribution in [0.2, 0.25) is 0 Å². The Balaban J connectivity index is 3.25. The predicted octanol–water partition coefficient (Wildman–Crippen LogP) is 3.11. The minimum absolute atomic E-state index is 0.200. The van der Waals surface area contributed by atoms with E-state index < -0.39 is 29.8 Å². The Morgan fingerprint density at radius 3 is 2.41 bits per heavy atom. The zero-order valence-corrected chi connectivity index (χ0v) is 9.53. The first kappa shape index (κ1) is 13.9. The summed E-state index contributed by atoms with van der Waals surface area (Å²) in [6.07, 6.45) is -8.16. The van der Waals surface area contributed by atoms with Gasteiger partial charge in [0, 0.05) is 17.0 Å². The average molecular weight is 322 g/mol. The van der Waals surface area contributed by atoms with Crippen LogP contribution in [0, 0.1) is 0 Å². The highest BCUT2D eigenvalue weighted by Crippen LogP contribution is 2.25. The molecule has 0 saturated heterocycles. The molecule has 0 unspecified atom stereocenters. The van der Waals surface area contributed by atoms with Crippen LogP contribution in [-0.2, 0) is 5.33 Å². The van der Waals surface area contributed by atoms with E-state index in [1.165, 1.54) is 0 Å². The third kappa shape index (κ3) is 3.69. The van der Waals surface area contributed by atoms with Crippen LogP contribution in [0.4, 0.5) is 22.0 Å². The maximum Gasteiger partial charge on any atom is 0.574 e. The third-order valence-electron chi connectivity index (χ3n) is 1.72. The van der Waals surface area contributed by atoms with Crippen LogP contribution in [0.5, 0.6) is 5.88 Å². The van der Waals surface area contributed by atoms with Gasteiger partial charge >= 0.3 is 6.36 Å². The lowest BCUT2D eigenvalue weighted by molar-refractivity contribution is -0.276. The van der Waals surface area contributed by atoms with Gasteiger partial charge in [-0.15, -0.1) is 13.2 Å². The lowest BCUT2D eigenvalue weighted by Crippen LogP contribution is -2.21. The molecule has 0 aliphatic heterocycles. The molecule has 0 bridgehead atoms. The van der Waals surface area contributed by atoms with E-state index in [1.54, 1.807) is 4.98 Å². The zero-order chi connectivity index (χ0) is 13.2. The lowest BCUT2D eigenvalue weighted by Gasteiger charge is -2.12. The van der Waals surface area contributed by atoms with Gasteiger partial charge in [0.05, 0.1) is 5.69 Å². The molecular formula is C8H5BrF5NO2. The second-order valence-corrected chi connectivity index (χ2v) is 3.43. The molecule has 1 N–H and O–H groups in total. The fourth-order valence-electron chi connectivity index (χ4n) is 1.09. The number of rotatable bonds is 3. The summed E-state index contributed by atoms with van der Waals surface area (Å²) in [5.41, 5.74) is -2.20. The van der Waals surface area contributed by atoms with Gasteiger partial charge in [0.1, 0.15) is 0 Å². The Morgan fingerprint density at radius 1 is 1.41 bits per heavy atom. The van der Waals surface area contributed by atoms with E-state index in [-0.39, 0.29) is 10.9 Å². The number of hydrogen-bond acceptors (Lipinski definition) is 2. The maximum atomic E-state index is 12.5. The first-order valence-corrected chi connectivity index (χ1v) is 5.22. The molecule has 0 aromatic carbocycles. The summed E-state index contributed by atoms with van der Waals surface area (Å²) >= 11 is 2.80. The minimum Gasteiger partial charge on any atom is -0.390 e. The van der Waals surface area contributed by atoms with Crippen LogP contribution in [0.1, 0.15) is 17.7 Å². The Hall–Kier alpha value is -1.12. The molecule has 0 radical (unpaired) electrons. The summed E-state index contributed by atoms with van der Waals surface area (Å²) in [7, 11) is 0. The number of H-pyrrole nitrogens is 1. The van der Waals surface area contributed by atoms with Crippen molar-refractivity contribution in [2.75, 3.05) is 0 Å². The highest BCUT2D eigenvalue weighted by atomic mass is 79.9. The van der Waals surface area contributed by atoms with Gasteiger partial charge in [0.2, 0.25) is 5.88 Å². The fourth-order valence-corrected chi connectivity index (χ4v) is 1.67. The third-order valence-corrected chi connectivity index (χ3v) is 2.28. The molecule has 0 saturated carbocycles. The molecule has 0 amide bonds. The smallest absolute Gasteiger partial charge is 0.390 e. The molecule has 0 aliphatic rings. The summed E-state index contributed by atoms with van der Waals surface area (Å²) in [5.74, 6) is -1.07. The van der Waals surface area contributed by atoms with E-state index in [9.17, 15) is 26.7 Å². The van der Waals surface area contributed by atoms with Crippen LogP contribution in [0.3, 0.4) is 0 Å². The summed E-state index contributed by atoms with van der Waals surface area (Å²) in [5, 5.41) is -0.200. The van der Waals surface area contributed by atoms with Crippen molar-refractivity contribution in [1.82, 2.24) is 4.98 Å². The summed E-state index contributed by atoms with van der Waals surface area (Å²) in [4.78, 5) is 13.0. The van der Waals surface area contributed by atoms with Gasteiger partial charge in [-0.05, 0) is 0 Å². The Bertz CT molecular complexity index is 456. The van der Waals surface area contributed by atoms with Gasteiger partial charge in [0.25, 0.3) is 6.43 Å². The van der Waals surface area contributed by atoms with E-state index in [0.29, 0.717) is 6.07 Å². The Kier molecular flexibility index (Phi) is 4.12. The molecule has 0 aliphatic carbocycles. The number of aromatic nitrogens is 1. The number of ether oxygens (including phenoxy) is 1. The van der Waals surface area contributed by atoms with Crippen LogP contribution in [0.25, 0.3) is 0 Å². The molecule has 96 valence electrons. The van der Waals surface area contributed by atoms with Gasteiger partial charge in [-0.1, -0.05) is 15.9 Å². The number of halogens is 6. The Morgan fingerprint density at radius 2 is 2.00 bits per heavy atom. The quantitative estimate of drug-likeness (QED) is 0.686. The maximum absolute atomic E-state index is 12.5. The molecular weight excluding hydrogens is 317 g/mol. The van der Waals surface area contributed by atoms with Crippen molar-refractivity contribution in [2.45, 2.75) is 18.1 Å². The van der Waals surface area contributed by atoms with E-state index in [2.05, 4.69) is 20.7 Å². The second kappa shape index (κ2) is 5.03. The van der Waals surface area contributed by atoms with E-state index >= 15 is 0 Å². The van der Waals surface area contributed by atoms with Crippen LogP contribution < -0.4 is 10.2 Å². The molecule has 1 heterocycles. The SMILES string of the molecule is O=c1cc(OC(F)(F)F)[nH]c(C(F)F)c1CBr.